The van der Waals surface area contributed by atoms with E-state index in [0.29, 0.717) is 19.6 Å². The summed E-state index contributed by atoms with van der Waals surface area (Å²) >= 11 is 0. The van der Waals surface area contributed by atoms with E-state index in [2.05, 4.69) is 33.9 Å². The third-order valence-corrected chi connectivity index (χ3v) is 9.60. The summed E-state index contributed by atoms with van der Waals surface area (Å²) in [6, 6.07) is 7.50. The molecule has 6 heteroatoms. The van der Waals surface area contributed by atoms with Gasteiger partial charge >= 0.3 is 11.1 Å². The molecule has 5 nitrogen and oxygen atoms in total. The lowest BCUT2D eigenvalue weighted by atomic mass is 10.2. The van der Waals surface area contributed by atoms with Gasteiger partial charge in [-0.05, 0) is 36.7 Å². The molecule has 0 aliphatic carbocycles. The average Bonchev–Trinajstić information content (AvgIpc) is 2.51. The molecular weight excluding hydrogens is 320 g/mol. The lowest BCUT2D eigenvalue weighted by molar-refractivity contribution is 0.275. The Balaban J connectivity index is 2.20. The van der Waals surface area contributed by atoms with Gasteiger partial charge < -0.3 is 13.6 Å². The molecule has 0 unspecified atom stereocenters. The molecule has 0 aliphatic heterocycles. The maximum Gasteiger partial charge on any atom is 0.316 e. The molecule has 1 aromatic carbocycles. The van der Waals surface area contributed by atoms with E-state index in [4.69, 9.17) is 4.43 Å². The number of hydrogen-bond donors (Lipinski definition) is 0. The van der Waals surface area contributed by atoms with Crippen LogP contribution in [0.1, 0.15) is 27.2 Å². The summed E-state index contributed by atoms with van der Waals surface area (Å²) in [5.74, 6) is 0. The zero-order chi connectivity index (χ0) is 18.1. The van der Waals surface area contributed by atoms with Gasteiger partial charge in [-0.1, -0.05) is 32.9 Å². The number of benzene rings is 1. The first-order chi connectivity index (χ1) is 11.1. The molecule has 1 aromatic heterocycles. The Kier molecular flexibility index (Phi) is 5.20. The highest BCUT2D eigenvalue weighted by molar-refractivity contribution is 6.74. The van der Waals surface area contributed by atoms with E-state index in [1.165, 1.54) is 4.57 Å². The van der Waals surface area contributed by atoms with Crippen LogP contribution >= 0.6 is 0 Å². The normalized spacial score (nSPS) is 12.8. The minimum absolute atomic E-state index is 0.166. The molecule has 0 bridgehead atoms. The zero-order valence-corrected chi connectivity index (χ0v) is 16.5. The molecule has 0 spiro atoms. The molecule has 0 aliphatic rings. The zero-order valence-electron chi connectivity index (χ0n) is 15.5. The second-order valence-electron chi connectivity index (χ2n) is 7.77. The van der Waals surface area contributed by atoms with E-state index in [0.717, 1.165) is 11.0 Å². The number of fused-ring (bicyclic) bond motifs is 1. The first kappa shape index (κ1) is 18.7. The summed E-state index contributed by atoms with van der Waals surface area (Å²) in [5, 5.41) is 0.166. The van der Waals surface area contributed by atoms with Crippen LogP contribution in [0.4, 0.5) is 0 Å². The van der Waals surface area contributed by atoms with Gasteiger partial charge in [-0.25, -0.2) is 0 Å². The Morgan fingerprint density at radius 3 is 2.21 bits per heavy atom. The summed E-state index contributed by atoms with van der Waals surface area (Å²) in [5.41, 5.74) is 0.604. The van der Waals surface area contributed by atoms with E-state index in [1.54, 1.807) is 11.6 Å². The van der Waals surface area contributed by atoms with Gasteiger partial charge in [0.1, 0.15) is 0 Å². The molecule has 0 atom stereocenters. The molecular formula is C18H28N2O3Si. The Morgan fingerprint density at radius 1 is 1.04 bits per heavy atom. The van der Waals surface area contributed by atoms with E-state index < -0.39 is 19.4 Å². The molecule has 0 radical (unpaired) electrons. The molecule has 2 rings (SSSR count). The number of rotatable bonds is 5. The van der Waals surface area contributed by atoms with Gasteiger partial charge in [0.2, 0.25) is 0 Å². The monoisotopic (exact) mass is 348 g/mol. The SMILES string of the molecule is Cn1c(=O)c(=O)n(CCCO[Si](C)(C)C(C)(C)C)c2ccccc21. The first-order valence-electron chi connectivity index (χ1n) is 8.39. The van der Waals surface area contributed by atoms with E-state index in [-0.39, 0.29) is 5.04 Å². The molecule has 0 fully saturated rings. The minimum Gasteiger partial charge on any atom is -0.417 e. The van der Waals surface area contributed by atoms with Gasteiger partial charge in [0.15, 0.2) is 8.32 Å². The second kappa shape index (κ2) is 6.68. The van der Waals surface area contributed by atoms with Crippen molar-refractivity contribution in [3.05, 3.63) is 45.0 Å². The fraction of sp³-hybridized carbons (Fsp3) is 0.556. The molecule has 0 saturated carbocycles. The van der Waals surface area contributed by atoms with Crippen molar-refractivity contribution >= 4 is 19.4 Å². The highest BCUT2D eigenvalue weighted by Crippen LogP contribution is 2.36. The summed E-state index contributed by atoms with van der Waals surface area (Å²) in [7, 11) is -0.148. The lowest BCUT2D eigenvalue weighted by Crippen LogP contribution is -2.42. The molecule has 0 saturated heterocycles. The lowest BCUT2D eigenvalue weighted by Gasteiger charge is -2.36. The molecule has 0 amide bonds. The molecule has 132 valence electrons. The third-order valence-electron chi connectivity index (χ3n) is 5.06. The summed E-state index contributed by atoms with van der Waals surface area (Å²) in [4.78, 5) is 24.5. The quantitative estimate of drug-likeness (QED) is 0.474. The van der Waals surface area contributed by atoms with Crippen LogP contribution in [0.15, 0.2) is 33.9 Å². The van der Waals surface area contributed by atoms with Crippen molar-refractivity contribution in [1.82, 2.24) is 9.13 Å². The van der Waals surface area contributed by atoms with Crippen LogP contribution in [0, 0.1) is 0 Å². The summed E-state index contributed by atoms with van der Waals surface area (Å²) < 4.78 is 9.15. The Bertz CT molecular complexity index is 844. The van der Waals surface area contributed by atoms with E-state index in [9.17, 15) is 9.59 Å². The van der Waals surface area contributed by atoms with Crippen LogP contribution < -0.4 is 11.1 Å². The predicted octanol–water partition coefficient (Wildman–Crippen LogP) is 3.11. The van der Waals surface area contributed by atoms with Crippen molar-refractivity contribution < 1.29 is 4.43 Å². The minimum atomic E-state index is -1.78. The van der Waals surface area contributed by atoms with Crippen LogP contribution in [0.25, 0.3) is 11.0 Å². The molecule has 2 aromatic rings. The standard InChI is InChI=1S/C18H28N2O3Si/c1-18(2,3)24(5,6)23-13-9-12-20-15-11-8-7-10-14(15)19(4)16(21)17(20)22/h7-8,10-11H,9,12-13H2,1-6H3. The van der Waals surface area contributed by atoms with Gasteiger partial charge in [0.25, 0.3) is 0 Å². The smallest absolute Gasteiger partial charge is 0.316 e. The van der Waals surface area contributed by atoms with Crippen LogP contribution in [-0.2, 0) is 18.0 Å². The number of aryl methyl sites for hydroxylation is 2. The highest BCUT2D eigenvalue weighted by atomic mass is 28.4. The van der Waals surface area contributed by atoms with Gasteiger partial charge in [-0.15, -0.1) is 0 Å². The van der Waals surface area contributed by atoms with Crippen molar-refractivity contribution in [2.45, 2.75) is 51.9 Å². The van der Waals surface area contributed by atoms with E-state index >= 15 is 0 Å². The van der Waals surface area contributed by atoms with Crippen LogP contribution in [0.2, 0.25) is 18.1 Å². The molecule has 1 heterocycles. The first-order valence-corrected chi connectivity index (χ1v) is 11.3. The summed E-state index contributed by atoms with van der Waals surface area (Å²) in [6.45, 7) is 12.1. The molecule has 0 N–H and O–H groups in total. The third kappa shape index (κ3) is 3.54. The van der Waals surface area contributed by atoms with Crippen LogP contribution in [0.5, 0.6) is 0 Å². The van der Waals surface area contributed by atoms with Crippen molar-refractivity contribution in [3.8, 4) is 0 Å². The Hall–Kier alpha value is -1.66. The summed E-state index contributed by atoms with van der Waals surface area (Å²) in [6.07, 6.45) is 0.712. The van der Waals surface area contributed by atoms with Gasteiger partial charge in [-0.2, -0.15) is 0 Å². The van der Waals surface area contributed by atoms with E-state index in [1.807, 2.05) is 24.3 Å². The number of aromatic nitrogens is 2. The van der Waals surface area contributed by atoms with Crippen LogP contribution in [-0.4, -0.2) is 24.1 Å². The van der Waals surface area contributed by atoms with Crippen molar-refractivity contribution in [3.63, 3.8) is 0 Å². The maximum absolute atomic E-state index is 12.4. The Morgan fingerprint density at radius 2 is 1.62 bits per heavy atom. The molecule has 24 heavy (non-hydrogen) atoms. The van der Waals surface area contributed by atoms with Crippen molar-refractivity contribution in [1.29, 1.82) is 0 Å². The number of para-hydroxylation sites is 2. The van der Waals surface area contributed by atoms with Gasteiger partial charge in [0, 0.05) is 20.2 Å². The predicted molar refractivity (Wildman–Crippen MR) is 101 cm³/mol. The highest BCUT2D eigenvalue weighted by Gasteiger charge is 2.36. The topological polar surface area (TPSA) is 53.2 Å². The van der Waals surface area contributed by atoms with Crippen molar-refractivity contribution in [2.24, 2.45) is 7.05 Å². The number of nitrogens with zero attached hydrogens (tertiary/aromatic N) is 2. The average molecular weight is 349 g/mol. The van der Waals surface area contributed by atoms with Gasteiger partial charge in [0.05, 0.1) is 11.0 Å². The second-order valence-corrected chi connectivity index (χ2v) is 12.6. The number of hydrogen-bond acceptors (Lipinski definition) is 3. The van der Waals surface area contributed by atoms with Crippen LogP contribution in [0.3, 0.4) is 0 Å². The fourth-order valence-corrected chi connectivity index (χ4v) is 3.53. The maximum atomic E-state index is 12.4. The Labute approximate surface area is 144 Å². The van der Waals surface area contributed by atoms with Gasteiger partial charge in [-0.3, -0.25) is 9.59 Å². The van der Waals surface area contributed by atoms with Crippen molar-refractivity contribution in [2.75, 3.05) is 6.61 Å². The largest absolute Gasteiger partial charge is 0.417 e. The fourth-order valence-electron chi connectivity index (χ4n) is 2.44.